The molecule has 8 heteroatoms. The molecular formula is C20H23ClN6O. The number of rotatable bonds is 4. The fourth-order valence-corrected chi connectivity index (χ4v) is 4.19. The van der Waals surface area contributed by atoms with E-state index in [4.69, 9.17) is 16.3 Å². The lowest BCUT2D eigenvalue weighted by Gasteiger charge is -2.21. The largest absolute Gasteiger partial charge is 0.370 e. The molecule has 0 amide bonds. The van der Waals surface area contributed by atoms with Crippen molar-refractivity contribution in [2.45, 2.75) is 38.5 Å². The van der Waals surface area contributed by atoms with E-state index in [0.29, 0.717) is 5.02 Å². The second-order valence-electron chi connectivity index (χ2n) is 7.36. The maximum atomic E-state index is 5.98. The first kappa shape index (κ1) is 17.8. The number of halogens is 1. The van der Waals surface area contributed by atoms with E-state index < -0.39 is 0 Å². The van der Waals surface area contributed by atoms with Gasteiger partial charge in [0.2, 0.25) is 0 Å². The molecule has 2 aliphatic heterocycles. The van der Waals surface area contributed by atoms with Gasteiger partial charge in [-0.25, -0.2) is 4.98 Å². The van der Waals surface area contributed by atoms with Gasteiger partial charge in [0.15, 0.2) is 5.82 Å². The van der Waals surface area contributed by atoms with E-state index in [1.54, 1.807) is 6.20 Å². The lowest BCUT2D eigenvalue weighted by Crippen LogP contribution is -2.28. The summed E-state index contributed by atoms with van der Waals surface area (Å²) in [7, 11) is 0. The fourth-order valence-electron chi connectivity index (χ4n) is 4.07. The lowest BCUT2D eigenvalue weighted by atomic mass is 10.2. The Labute approximate surface area is 168 Å². The Balaban J connectivity index is 1.30. The molecule has 1 unspecified atom stereocenters. The smallest absolute Gasteiger partial charge is 0.162 e. The van der Waals surface area contributed by atoms with Gasteiger partial charge in [0.1, 0.15) is 17.7 Å². The summed E-state index contributed by atoms with van der Waals surface area (Å²) in [5.41, 5.74) is 1.21. The average Bonchev–Trinajstić information content (AvgIpc) is 3.43. The molecule has 0 spiro atoms. The van der Waals surface area contributed by atoms with Gasteiger partial charge >= 0.3 is 0 Å². The van der Waals surface area contributed by atoms with E-state index in [1.807, 2.05) is 18.3 Å². The number of ether oxygens (including phenoxy) is 1. The summed E-state index contributed by atoms with van der Waals surface area (Å²) in [4.78, 5) is 6.92. The first-order chi connectivity index (χ1) is 13.8. The van der Waals surface area contributed by atoms with Crippen LogP contribution in [-0.2, 0) is 24.2 Å². The zero-order valence-electron chi connectivity index (χ0n) is 15.7. The normalized spacial score (nSPS) is 20.2. The molecule has 3 aromatic heterocycles. The van der Waals surface area contributed by atoms with Crippen LogP contribution in [-0.4, -0.2) is 48.9 Å². The predicted molar refractivity (Wildman–Crippen MR) is 106 cm³/mol. The SMILES string of the molecule is Clc1ccc(-n2cccc2CN2CCc3nnc(C4CCCO4)n3CC2)nc1. The molecule has 0 aromatic carbocycles. The van der Waals surface area contributed by atoms with Gasteiger partial charge in [-0.15, -0.1) is 10.2 Å². The first-order valence-electron chi connectivity index (χ1n) is 9.82. The molecule has 1 atom stereocenters. The lowest BCUT2D eigenvalue weighted by molar-refractivity contribution is 0.101. The molecule has 0 aliphatic carbocycles. The van der Waals surface area contributed by atoms with Crippen LogP contribution in [0.15, 0.2) is 36.7 Å². The Morgan fingerprint density at radius 2 is 2.11 bits per heavy atom. The summed E-state index contributed by atoms with van der Waals surface area (Å²) in [5, 5.41) is 9.52. The number of aromatic nitrogens is 5. The Hall–Kier alpha value is -2.22. The van der Waals surface area contributed by atoms with Crippen LogP contribution in [0.1, 0.15) is 36.3 Å². The second kappa shape index (κ2) is 7.66. The summed E-state index contributed by atoms with van der Waals surface area (Å²) in [6.45, 7) is 4.52. The standard InChI is InChI=1S/C20H23ClN6O/c21-15-5-6-18(22-13-15)26-8-1-3-16(26)14-25-9-7-19-23-24-20(27(19)11-10-25)17-4-2-12-28-17/h1,3,5-6,8,13,17H,2,4,7,9-12,14H2. The minimum absolute atomic E-state index is 0.112. The van der Waals surface area contributed by atoms with Crippen LogP contribution < -0.4 is 0 Å². The van der Waals surface area contributed by atoms with Gasteiger partial charge in [-0.2, -0.15) is 0 Å². The molecule has 1 fully saturated rings. The molecule has 3 aromatic rings. The second-order valence-corrected chi connectivity index (χ2v) is 7.79. The van der Waals surface area contributed by atoms with E-state index in [1.165, 1.54) is 5.69 Å². The van der Waals surface area contributed by atoms with Gasteiger partial charge in [0.05, 0.1) is 5.02 Å². The molecule has 5 heterocycles. The van der Waals surface area contributed by atoms with Crippen molar-refractivity contribution >= 4 is 11.6 Å². The van der Waals surface area contributed by atoms with Crippen molar-refractivity contribution in [3.8, 4) is 5.82 Å². The highest BCUT2D eigenvalue weighted by atomic mass is 35.5. The first-order valence-corrected chi connectivity index (χ1v) is 10.2. The van der Waals surface area contributed by atoms with Gasteiger partial charge in [-0.3, -0.25) is 4.90 Å². The third kappa shape index (κ3) is 3.45. The van der Waals surface area contributed by atoms with Crippen molar-refractivity contribution in [1.82, 2.24) is 29.2 Å². The van der Waals surface area contributed by atoms with Crippen LogP contribution in [0.5, 0.6) is 0 Å². The van der Waals surface area contributed by atoms with E-state index in [2.05, 4.69) is 41.3 Å². The maximum absolute atomic E-state index is 5.98. The van der Waals surface area contributed by atoms with Crippen molar-refractivity contribution in [2.24, 2.45) is 0 Å². The fraction of sp³-hybridized carbons (Fsp3) is 0.450. The van der Waals surface area contributed by atoms with E-state index >= 15 is 0 Å². The average molecular weight is 399 g/mol. The molecule has 0 radical (unpaired) electrons. The molecule has 28 heavy (non-hydrogen) atoms. The summed E-state index contributed by atoms with van der Waals surface area (Å²) in [5.74, 6) is 2.96. The van der Waals surface area contributed by atoms with Crippen molar-refractivity contribution < 1.29 is 4.74 Å². The molecule has 146 valence electrons. The predicted octanol–water partition coefficient (Wildman–Crippen LogP) is 3.03. The van der Waals surface area contributed by atoms with Gasteiger partial charge in [0.25, 0.3) is 0 Å². The van der Waals surface area contributed by atoms with Crippen molar-refractivity contribution in [3.63, 3.8) is 0 Å². The summed E-state index contributed by atoms with van der Waals surface area (Å²) in [6.07, 6.45) is 6.90. The van der Waals surface area contributed by atoms with Gasteiger partial charge in [0, 0.05) is 57.3 Å². The van der Waals surface area contributed by atoms with Gasteiger partial charge in [-0.05, 0) is 37.1 Å². The molecule has 5 rings (SSSR count). The Morgan fingerprint density at radius 1 is 1.14 bits per heavy atom. The highest BCUT2D eigenvalue weighted by molar-refractivity contribution is 6.30. The third-order valence-electron chi connectivity index (χ3n) is 5.54. The molecule has 2 aliphatic rings. The number of hydrogen-bond donors (Lipinski definition) is 0. The summed E-state index contributed by atoms with van der Waals surface area (Å²) in [6, 6.07) is 8.04. The van der Waals surface area contributed by atoms with Crippen LogP contribution >= 0.6 is 11.6 Å². The Bertz CT molecular complexity index is 944. The van der Waals surface area contributed by atoms with Crippen LogP contribution in [0.2, 0.25) is 5.02 Å². The molecule has 7 nitrogen and oxygen atoms in total. The highest BCUT2D eigenvalue weighted by Gasteiger charge is 2.27. The number of pyridine rings is 1. The summed E-state index contributed by atoms with van der Waals surface area (Å²) < 4.78 is 10.2. The molecule has 0 N–H and O–H groups in total. The minimum atomic E-state index is 0.112. The number of fused-ring (bicyclic) bond motifs is 1. The topological polar surface area (TPSA) is 61.0 Å². The maximum Gasteiger partial charge on any atom is 0.162 e. The van der Waals surface area contributed by atoms with Crippen molar-refractivity contribution in [1.29, 1.82) is 0 Å². The molecule has 1 saturated heterocycles. The Morgan fingerprint density at radius 3 is 2.93 bits per heavy atom. The van der Waals surface area contributed by atoms with Crippen LogP contribution in [0, 0.1) is 0 Å². The molecule has 0 bridgehead atoms. The third-order valence-corrected chi connectivity index (χ3v) is 5.77. The van der Waals surface area contributed by atoms with Crippen LogP contribution in [0.3, 0.4) is 0 Å². The van der Waals surface area contributed by atoms with Crippen molar-refractivity contribution in [2.75, 3.05) is 19.7 Å². The minimum Gasteiger partial charge on any atom is -0.370 e. The molecule has 0 saturated carbocycles. The van der Waals surface area contributed by atoms with Crippen LogP contribution in [0.4, 0.5) is 0 Å². The van der Waals surface area contributed by atoms with Gasteiger partial charge < -0.3 is 13.9 Å². The van der Waals surface area contributed by atoms with Crippen LogP contribution in [0.25, 0.3) is 5.82 Å². The Kier molecular flexibility index (Phi) is 4.88. The zero-order valence-corrected chi connectivity index (χ0v) is 16.4. The molecular weight excluding hydrogens is 376 g/mol. The van der Waals surface area contributed by atoms with Gasteiger partial charge in [-0.1, -0.05) is 11.6 Å². The van der Waals surface area contributed by atoms with E-state index in [0.717, 1.165) is 69.5 Å². The highest BCUT2D eigenvalue weighted by Crippen LogP contribution is 2.28. The van der Waals surface area contributed by atoms with E-state index in [9.17, 15) is 0 Å². The zero-order chi connectivity index (χ0) is 18.9. The van der Waals surface area contributed by atoms with Crippen molar-refractivity contribution in [3.05, 3.63) is 59.0 Å². The number of nitrogens with zero attached hydrogens (tertiary/aromatic N) is 6. The quantitative estimate of drug-likeness (QED) is 0.676. The van der Waals surface area contributed by atoms with E-state index in [-0.39, 0.29) is 6.10 Å². The number of hydrogen-bond acceptors (Lipinski definition) is 5. The monoisotopic (exact) mass is 398 g/mol. The summed E-state index contributed by atoms with van der Waals surface area (Å²) >= 11 is 5.98.